The predicted molar refractivity (Wildman–Crippen MR) is 68.2 cm³/mol. The molecule has 0 aliphatic heterocycles. The van der Waals surface area contributed by atoms with Gasteiger partial charge < -0.3 is 10.8 Å². The molecule has 16 heavy (non-hydrogen) atoms. The van der Waals surface area contributed by atoms with Crippen LogP contribution in [0.15, 0.2) is 54.6 Å². The number of anilines is 1. The number of aliphatic hydroxyl groups excluding tert-OH is 1. The zero-order valence-electron chi connectivity index (χ0n) is 9.43. The molecule has 0 atom stereocenters. The second-order valence-corrected chi connectivity index (χ2v) is 3.36. The minimum absolute atomic E-state index is 0.872. The third kappa shape index (κ3) is 3.41. The number of nitrogen functional groups attached to an aromatic ring is 1. The summed E-state index contributed by atoms with van der Waals surface area (Å²) in [7, 11) is 1.00. The van der Waals surface area contributed by atoms with Crippen LogP contribution in [0.2, 0.25) is 0 Å². The molecule has 0 fully saturated rings. The van der Waals surface area contributed by atoms with Crippen molar-refractivity contribution >= 4 is 5.69 Å². The van der Waals surface area contributed by atoms with Gasteiger partial charge in [0.05, 0.1) is 0 Å². The number of aliphatic hydroxyl groups is 1. The summed E-state index contributed by atoms with van der Waals surface area (Å²) in [5.41, 5.74) is 9.23. The van der Waals surface area contributed by atoms with Crippen LogP contribution >= 0.6 is 0 Å². The van der Waals surface area contributed by atoms with Crippen molar-refractivity contribution in [2.24, 2.45) is 0 Å². The number of hydrogen-bond acceptors (Lipinski definition) is 2. The van der Waals surface area contributed by atoms with E-state index in [1.807, 2.05) is 24.3 Å². The van der Waals surface area contributed by atoms with Gasteiger partial charge in [0, 0.05) is 12.8 Å². The summed E-state index contributed by atoms with van der Waals surface area (Å²) < 4.78 is 0. The molecule has 84 valence electrons. The first-order chi connectivity index (χ1) is 7.86. The van der Waals surface area contributed by atoms with Crippen LogP contribution in [-0.4, -0.2) is 12.2 Å². The van der Waals surface area contributed by atoms with Gasteiger partial charge in [-0.2, -0.15) is 0 Å². The lowest BCUT2D eigenvalue weighted by molar-refractivity contribution is 0.399. The van der Waals surface area contributed by atoms with E-state index in [9.17, 15) is 0 Å². The lowest BCUT2D eigenvalue weighted by Gasteiger charge is -2.04. The molecule has 0 aliphatic carbocycles. The molecule has 0 aromatic heterocycles. The average Bonchev–Trinajstić information content (AvgIpc) is 2.36. The van der Waals surface area contributed by atoms with Crippen LogP contribution in [0.25, 0.3) is 0 Å². The third-order valence-corrected chi connectivity index (χ3v) is 2.29. The smallest absolute Gasteiger partial charge is 0.0349 e. The number of hydrogen-bond donors (Lipinski definition) is 2. The van der Waals surface area contributed by atoms with E-state index < -0.39 is 0 Å². The molecular formula is C14H17NO. The van der Waals surface area contributed by atoms with Crippen molar-refractivity contribution < 1.29 is 5.11 Å². The fourth-order valence-electron chi connectivity index (χ4n) is 1.51. The molecule has 0 unspecified atom stereocenters. The highest BCUT2D eigenvalue weighted by Gasteiger charge is 1.98. The largest absolute Gasteiger partial charge is 0.400 e. The molecule has 0 spiro atoms. The molecule has 2 nitrogen and oxygen atoms in total. The first-order valence-corrected chi connectivity index (χ1v) is 5.18. The topological polar surface area (TPSA) is 46.2 Å². The van der Waals surface area contributed by atoms with Crippen molar-refractivity contribution in [2.75, 3.05) is 12.8 Å². The zero-order valence-corrected chi connectivity index (χ0v) is 9.43. The second-order valence-electron chi connectivity index (χ2n) is 3.36. The molecule has 2 heteroatoms. The van der Waals surface area contributed by atoms with E-state index in [0.717, 1.165) is 19.2 Å². The minimum Gasteiger partial charge on any atom is -0.400 e. The second kappa shape index (κ2) is 6.64. The van der Waals surface area contributed by atoms with Gasteiger partial charge in [-0.1, -0.05) is 48.5 Å². The standard InChI is InChI=1S/C13H13N.CH4O/c14-13-9-5-4-8-12(13)10-11-6-2-1-3-7-11;1-2/h1-9H,10,14H2;2H,1H3. The van der Waals surface area contributed by atoms with Crippen LogP contribution < -0.4 is 5.73 Å². The quantitative estimate of drug-likeness (QED) is 0.756. The highest BCUT2D eigenvalue weighted by molar-refractivity contribution is 5.48. The van der Waals surface area contributed by atoms with Crippen LogP contribution in [0.1, 0.15) is 11.1 Å². The Bertz CT molecular complexity index is 412. The van der Waals surface area contributed by atoms with E-state index >= 15 is 0 Å². The summed E-state index contributed by atoms with van der Waals surface area (Å²) in [4.78, 5) is 0. The van der Waals surface area contributed by atoms with E-state index in [4.69, 9.17) is 10.8 Å². The fraction of sp³-hybridized carbons (Fsp3) is 0.143. The van der Waals surface area contributed by atoms with Crippen LogP contribution in [0.3, 0.4) is 0 Å². The first-order valence-electron chi connectivity index (χ1n) is 5.18. The van der Waals surface area contributed by atoms with Gasteiger partial charge in [-0.15, -0.1) is 0 Å². The lowest BCUT2D eigenvalue weighted by atomic mass is 10.0. The van der Waals surface area contributed by atoms with Crippen LogP contribution in [-0.2, 0) is 6.42 Å². The summed E-state index contributed by atoms with van der Waals surface area (Å²) >= 11 is 0. The molecule has 0 heterocycles. The van der Waals surface area contributed by atoms with E-state index in [0.29, 0.717) is 0 Å². The van der Waals surface area contributed by atoms with Crippen LogP contribution in [0.4, 0.5) is 5.69 Å². The predicted octanol–water partition coefficient (Wildman–Crippen LogP) is 2.47. The molecule has 2 rings (SSSR count). The van der Waals surface area contributed by atoms with Crippen molar-refractivity contribution in [2.45, 2.75) is 6.42 Å². The van der Waals surface area contributed by atoms with Gasteiger partial charge in [0.2, 0.25) is 0 Å². The summed E-state index contributed by atoms with van der Waals surface area (Å²) in [6, 6.07) is 18.4. The Kier molecular flexibility index (Phi) is 5.09. The van der Waals surface area contributed by atoms with E-state index in [-0.39, 0.29) is 0 Å². The van der Waals surface area contributed by atoms with E-state index in [1.54, 1.807) is 0 Å². The Labute approximate surface area is 96.4 Å². The Hall–Kier alpha value is -1.80. The molecule has 0 saturated carbocycles. The van der Waals surface area contributed by atoms with Gasteiger partial charge in [0.25, 0.3) is 0 Å². The van der Waals surface area contributed by atoms with Gasteiger partial charge in [-0.25, -0.2) is 0 Å². The summed E-state index contributed by atoms with van der Waals surface area (Å²) in [5.74, 6) is 0. The molecule has 0 bridgehead atoms. The van der Waals surface area contributed by atoms with Gasteiger partial charge in [0.1, 0.15) is 0 Å². The molecule has 0 amide bonds. The van der Waals surface area contributed by atoms with Gasteiger partial charge in [-0.05, 0) is 23.6 Å². The Morgan fingerprint density at radius 1 is 0.875 bits per heavy atom. The zero-order chi connectivity index (χ0) is 11.8. The molecular weight excluding hydrogens is 198 g/mol. The Morgan fingerprint density at radius 3 is 2.06 bits per heavy atom. The first kappa shape index (κ1) is 12.3. The maximum Gasteiger partial charge on any atom is 0.0349 e. The molecule has 0 radical (unpaired) electrons. The lowest BCUT2D eigenvalue weighted by Crippen LogP contribution is -1.94. The minimum atomic E-state index is 0.872. The van der Waals surface area contributed by atoms with Crippen molar-refractivity contribution in [1.82, 2.24) is 0 Å². The van der Waals surface area contributed by atoms with Crippen molar-refractivity contribution in [3.05, 3.63) is 65.7 Å². The number of para-hydroxylation sites is 1. The van der Waals surface area contributed by atoms with Crippen LogP contribution in [0, 0.1) is 0 Å². The molecule has 0 aliphatic rings. The number of rotatable bonds is 2. The van der Waals surface area contributed by atoms with E-state index in [1.165, 1.54) is 11.1 Å². The number of nitrogens with two attached hydrogens (primary N) is 1. The highest BCUT2D eigenvalue weighted by atomic mass is 16.2. The van der Waals surface area contributed by atoms with Crippen molar-refractivity contribution in [3.63, 3.8) is 0 Å². The maximum absolute atomic E-state index is 7.00. The van der Waals surface area contributed by atoms with Gasteiger partial charge in [0.15, 0.2) is 0 Å². The fourth-order valence-corrected chi connectivity index (χ4v) is 1.51. The monoisotopic (exact) mass is 215 g/mol. The van der Waals surface area contributed by atoms with Crippen LogP contribution in [0.5, 0.6) is 0 Å². The summed E-state index contributed by atoms with van der Waals surface area (Å²) in [6.07, 6.45) is 0.910. The van der Waals surface area contributed by atoms with Gasteiger partial charge in [-0.3, -0.25) is 0 Å². The summed E-state index contributed by atoms with van der Waals surface area (Å²) in [6.45, 7) is 0. The number of benzene rings is 2. The Balaban J connectivity index is 0.000000606. The average molecular weight is 215 g/mol. The highest BCUT2D eigenvalue weighted by Crippen LogP contribution is 2.15. The molecule has 2 aromatic rings. The van der Waals surface area contributed by atoms with E-state index in [2.05, 4.69) is 30.3 Å². The molecule has 3 N–H and O–H groups in total. The maximum atomic E-state index is 7.00. The normalized spacial score (nSPS) is 9.12. The molecule has 2 aromatic carbocycles. The SMILES string of the molecule is CO.Nc1ccccc1Cc1ccccc1. The Morgan fingerprint density at radius 2 is 1.44 bits per heavy atom. The third-order valence-electron chi connectivity index (χ3n) is 2.29. The molecule has 0 saturated heterocycles. The summed E-state index contributed by atoms with van der Waals surface area (Å²) in [5, 5.41) is 7.00. The van der Waals surface area contributed by atoms with Crippen molar-refractivity contribution in [1.29, 1.82) is 0 Å². The van der Waals surface area contributed by atoms with Crippen molar-refractivity contribution in [3.8, 4) is 0 Å². The van der Waals surface area contributed by atoms with Gasteiger partial charge >= 0.3 is 0 Å².